The summed E-state index contributed by atoms with van der Waals surface area (Å²) in [5.74, 6) is 1.15. The number of rotatable bonds is 2. The van der Waals surface area contributed by atoms with Crippen LogP contribution in [0.1, 0.15) is 35.9 Å². The molecule has 0 saturated carbocycles. The van der Waals surface area contributed by atoms with Gasteiger partial charge in [-0.25, -0.2) is 4.98 Å². The summed E-state index contributed by atoms with van der Waals surface area (Å²) in [5.41, 5.74) is 5.96. The standard InChI is InChI=1S/C25H20N4O/c30-22-14-18(16-7-2-1-3-8-16)13-20-23(22)24(17-9-6-12-26-15-17)29-21-11-5-4-10-19(21)27-25(29)28-20/h1-12,15,18,24H,13-14H2,(H,27,28)/t18-,24-/m0/s1. The topological polar surface area (TPSA) is 59.8 Å². The van der Waals surface area contributed by atoms with E-state index in [2.05, 4.69) is 33.1 Å². The molecule has 0 amide bonds. The minimum Gasteiger partial charge on any atom is -0.329 e. The number of nitrogens with one attached hydrogen (secondary N) is 1. The molecule has 2 aromatic heterocycles. The number of fused-ring (bicyclic) bond motifs is 3. The maximum Gasteiger partial charge on any atom is 0.209 e. The molecule has 2 atom stereocenters. The summed E-state index contributed by atoms with van der Waals surface area (Å²) in [7, 11) is 0. The number of benzene rings is 2. The minimum atomic E-state index is -0.221. The van der Waals surface area contributed by atoms with Gasteiger partial charge in [0.2, 0.25) is 5.95 Å². The first-order chi connectivity index (χ1) is 14.8. The van der Waals surface area contributed by atoms with Crippen molar-refractivity contribution in [1.82, 2.24) is 14.5 Å². The minimum absolute atomic E-state index is 0.176. The second-order valence-electron chi connectivity index (χ2n) is 7.94. The van der Waals surface area contributed by atoms with Crippen LogP contribution in [0.5, 0.6) is 0 Å². The van der Waals surface area contributed by atoms with Crippen LogP contribution in [0.15, 0.2) is 90.4 Å². The number of pyridine rings is 1. The van der Waals surface area contributed by atoms with E-state index in [0.717, 1.165) is 40.2 Å². The summed E-state index contributed by atoms with van der Waals surface area (Å²) in [4.78, 5) is 22.7. The van der Waals surface area contributed by atoms with Crippen molar-refractivity contribution in [3.05, 3.63) is 102 Å². The van der Waals surface area contributed by atoms with Crippen molar-refractivity contribution < 1.29 is 4.79 Å². The Morgan fingerprint density at radius 3 is 2.53 bits per heavy atom. The number of para-hydroxylation sites is 2. The molecule has 0 saturated heterocycles. The average molecular weight is 392 g/mol. The number of carbonyl (C=O) groups is 1. The molecular formula is C25H20N4O. The molecule has 2 aliphatic rings. The fourth-order valence-corrected chi connectivity index (χ4v) is 4.84. The van der Waals surface area contributed by atoms with Gasteiger partial charge < -0.3 is 5.32 Å². The first-order valence-electron chi connectivity index (χ1n) is 10.2. The van der Waals surface area contributed by atoms with E-state index in [1.54, 1.807) is 6.20 Å². The molecule has 0 radical (unpaired) electrons. The Hall–Kier alpha value is -3.73. The van der Waals surface area contributed by atoms with E-state index in [-0.39, 0.29) is 17.7 Å². The summed E-state index contributed by atoms with van der Waals surface area (Å²) >= 11 is 0. The van der Waals surface area contributed by atoms with Gasteiger partial charge in [0, 0.05) is 30.1 Å². The third-order valence-electron chi connectivity index (χ3n) is 6.17. The van der Waals surface area contributed by atoms with Gasteiger partial charge in [0.05, 0.1) is 17.1 Å². The van der Waals surface area contributed by atoms with Gasteiger partial charge in [-0.1, -0.05) is 48.5 Å². The second-order valence-corrected chi connectivity index (χ2v) is 7.94. The van der Waals surface area contributed by atoms with Crippen molar-refractivity contribution in [2.75, 3.05) is 5.32 Å². The number of aromatic nitrogens is 3. The highest BCUT2D eigenvalue weighted by Gasteiger charge is 2.39. The molecule has 3 heterocycles. The van der Waals surface area contributed by atoms with Crippen LogP contribution in [0.2, 0.25) is 0 Å². The highest BCUT2D eigenvalue weighted by Crippen LogP contribution is 2.45. The van der Waals surface area contributed by atoms with Crippen LogP contribution in [0, 0.1) is 0 Å². The largest absolute Gasteiger partial charge is 0.329 e. The summed E-state index contributed by atoms with van der Waals surface area (Å²) < 4.78 is 2.14. The maximum absolute atomic E-state index is 13.5. The lowest BCUT2D eigenvalue weighted by Crippen LogP contribution is -2.33. The molecular weight excluding hydrogens is 372 g/mol. The molecule has 1 aliphatic heterocycles. The van der Waals surface area contributed by atoms with Crippen LogP contribution in [0.3, 0.4) is 0 Å². The lowest BCUT2D eigenvalue weighted by molar-refractivity contribution is -0.116. The summed E-state index contributed by atoms with van der Waals surface area (Å²) in [6.45, 7) is 0. The average Bonchev–Trinajstić information content (AvgIpc) is 3.17. The lowest BCUT2D eigenvalue weighted by Gasteiger charge is -2.36. The monoisotopic (exact) mass is 392 g/mol. The van der Waals surface area contributed by atoms with Crippen molar-refractivity contribution in [3.8, 4) is 0 Å². The third-order valence-corrected chi connectivity index (χ3v) is 6.17. The van der Waals surface area contributed by atoms with Crippen LogP contribution in [0.25, 0.3) is 11.0 Å². The predicted molar refractivity (Wildman–Crippen MR) is 116 cm³/mol. The Balaban J connectivity index is 1.54. The van der Waals surface area contributed by atoms with Gasteiger partial charge in [-0.15, -0.1) is 0 Å². The van der Waals surface area contributed by atoms with Crippen LogP contribution >= 0.6 is 0 Å². The number of imidazole rings is 1. The van der Waals surface area contributed by atoms with Gasteiger partial charge >= 0.3 is 0 Å². The Morgan fingerprint density at radius 2 is 1.70 bits per heavy atom. The molecule has 0 bridgehead atoms. The number of Topliss-reactive ketones (excluding diaryl/α,β-unsaturated/α-hetero) is 1. The molecule has 5 heteroatoms. The van der Waals surface area contributed by atoms with Crippen LogP contribution in [0.4, 0.5) is 5.95 Å². The highest BCUT2D eigenvalue weighted by molar-refractivity contribution is 6.01. The number of hydrogen-bond donors (Lipinski definition) is 1. The fourth-order valence-electron chi connectivity index (χ4n) is 4.84. The predicted octanol–water partition coefficient (Wildman–Crippen LogP) is 4.85. The molecule has 146 valence electrons. The zero-order chi connectivity index (χ0) is 20.1. The van der Waals surface area contributed by atoms with E-state index in [4.69, 9.17) is 4.98 Å². The lowest BCUT2D eigenvalue weighted by atomic mass is 9.78. The molecule has 2 aromatic carbocycles. The molecule has 6 rings (SSSR count). The van der Waals surface area contributed by atoms with Crippen molar-refractivity contribution in [3.63, 3.8) is 0 Å². The molecule has 4 aromatic rings. The quantitative estimate of drug-likeness (QED) is 0.530. The van der Waals surface area contributed by atoms with E-state index in [9.17, 15) is 4.79 Å². The Kier molecular flexibility index (Phi) is 3.81. The SMILES string of the molecule is O=C1C[C@@H](c2ccccc2)CC2=C1[C@H](c1cccnc1)n1c(nc3ccccc31)N2. The van der Waals surface area contributed by atoms with Gasteiger partial charge in [-0.05, 0) is 41.7 Å². The zero-order valence-electron chi connectivity index (χ0n) is 16.3. The Bertz CT molecular complexity index is 1290. The van der Waals surface area contributed by atoms with Crippen molar-refractivity contribution >= 4 is 22.8 Å². The molecule has 5 nitrogen and oxygen atoms in total. The fraction of sp³-hybridized carbons (Fsp3) is 0.160. The normalized spacial score (nSPS) is 20.6. The number of allylic oxidation sites excluding steroid dienone is 2. The molecule has 0 unspecified atom stereocenters. The first kappa shape index (κ1) is 17.2. The van der Waals surface area contributed by atoms with E-state index in [1.807, 2.05) is 54.7 Å². The molecule has 30 heavy (non-hydrogen) atoms. The van der Waals surface area contributed by atoms with E-state index >= 15 is 0 Å². The molecule has 1 aliphatic carbocycles. The number of nitrogens with zero attached hydrogens (tertiary/aromatic N) is 3. The number of ketones is 1. The van der Waals surface area contributed by atoms with Crippen molar-refractivity contribution in [2.45, 2.75) is 24.8 Å². The first-order valence-corrected chi connectivity index (χ1v) is 10.2. The Labute approximate surface area is 174 Å². The molecule has 0 fully saturated rings. The van der Waals surface area contributed by atoms with E-state index in [0.29, 0.717) is 6.42 Å². The summed E-state index contributed by atoms with van der Waals surface area (Å²) in [6, 6.07) is 22.1. The van der Waals surface area contributed by atoms with Gasteiger partial charge in [0.1, 0.15) is 0 Å². The molecule has 0 spiro atoms. The number of anilines is 1. The van der Waals surface area contributed by atoms with E-state index in [1.165, 1.54) is 5.56 Å². The Morgan fingerprint density at radius 1 is 0.900 bits per heavy atom. The second kappa shape index (κ2) is 6.66. The van der Waals surface area contributed by atoms with Gasteiger partial charge in [0.25, 0.3) is 0 Å². The summed E-state index contributed by atoms with van der Waals surface area (Å²) in [6.07, 6.45) is 4.94. The molecule has 1 N–H and O–H groups in total. The van der Waals surface area contributed by atoms with Crippen LogP contribution < -0.4 is 5.32 Å². The highest BCUT2D eigenvalue weighted by atomic mass is 16.1. The zero-order valence-corrected chi connectivity index (χ0v) is 16.3. The van der Waals surface area contributed by atoms with Crippen LogP contribution in [-0.4, -0.2) is 20.3 Å². The number of carbonyl (C=O) groups excluding carboxylic acids is 1. The van der Waals surface area contributed by atoms with Gasteiger partial charge in [-0.3, -0.25) is 14.3 Å². The van der Waals surface area contributed by atoms with Gasteiger partial charge in [0.15, 0.2) is 5.78 Å². The van der Waals surface area contributed by atoms with Crippen LogP contribution in [-0.2, 0) is 4.79 Å². The van der Waals surface area contributed by atoms with E-state index < -0.39 is 0 Å². The third kappa shape index (κ3) is 2.59. The summed E-state index contributed by atoms with van der Waals surface area (Å²) in [5, 5.41) is 3.51. The van der Waals surface area contributed by atoms with Crippen molar-refractivity contribution in [2.24, 2.45) is 0 Å². The maximum atomic E-state index is 13.5. The number of hydrogen-bond acceptors (Lipinski definition) is 4. The van der Waals surface area contributed by atoms with Crippen molar-refractivity contribution in [1.29, 1.82) is 0 Å². The smallest absolute Gasteiger partial charge is 0.209 e. The van der Waals surface area contributed by atoms with Gasteiger partial charge in [-0.2, -0.15) is 0 Å².